The molecule has 1 rings (SSSR count). The molecule has 0 aliphatic carbocycles. The second-order valence-corrected chi connectivity index (χ2v) is 5.98. The molecular formula is C13H29N3O. The summed E-state index contributed by atoms with van der Waals surface area (Å²) in [5.41, 5.74) is 0.00129. The Morgan fingerprint density at radius 2 is 2.06 bits per heavy atom. The number of morpholine rings is 1. The Morgan fingerprint density at radius 1 is 1.35 bits per heavy atom. The van der Waals surface area contributed by atoms with Gasteiger partial charge in [0, 0.05) is 39.3 Å². The van der Waals surface area contributed by atoms with Crippen LogP contribution < -0.4 is 5.32 Å². The molecule has 0 bridgehead atoms. The highest BCUT2D eigenvalue weighted by Crippen LogP contribution is 2.19. The van der Waals surface area contributed by atoms with Gasteiger partial charge in [0.2, 0.25) is 0 Å². The molecule has 17 heavy (non-hydrogen) atoms. The molecule has 1 aliphatic rings. The van der Waals surface area contributed by atoms with Crippen molar-refractivity contribution in [2.45, 2.75) is 32.5 Å². The maximum absolute atomic E-state index is 5.89. The normalized spacial score (nSPS) is 25.4. The minimum absolute atomic E-state index is 0.00129. The molecule has 0 aromatic heterocycles. The highest BCUT2D eigenvalue weighted by molar-refractivity contribution is 4.82. The third kappa shape index (κ3) is 6.36. The van der Waals surface area contributed by atoms with E-state index in [1.165, 1.54) is 0 Å². The predicted octanol–water partition coefficient (Wildman–Crippen LogP) is 0.637. The molecule has 1 atom stereocenters. The number of rotatable bonds is 6. The smallest absolute Gasteiger partial charge is 0.0757 e. The Morgan fingerprint density at radius 3 is 2.65 bits per heavy atom. The Bertz CT molecular complexity index is 219. The number of likely N-dealkylation sites (N-methyl/N-ethyl adjacent to an activating group) is 1. The minimum atomic E-state index is 0.00129. The standard InChI is InChI=1S/C13H29N3O/c1-12-10-16(11-13(2,3)17-12)9-7-14-6-8-15(4)5/h12,14H,6-11H2,1-5H3. The van der Waals surface area contributed by atoms with E-state index in [1.54, 1.807) is 0 Å². The number of hydrogen-bond donors (Lipinski definition) is 1. The number of nitrogens with one attached hydrogen (secondary N) is 1. The van der Waals surface area contributed by atoms with Crippen LogP contribution in [0.1, 0.15) is 20.8 Å². The fourth-order valence-electron chi connectivity index (χ4n) is 2.42. The van der Waals surface area contributed by atoms with E-state index in [9.17, 15) is 0 Å². The van der Waals surface area contributed by atoms with E-state index in [0.29, 0.717) is 6.10 Å². The molecule has 0 aromatic carbocycles. The lowest BCUT2D eigenvalue weighted by molar-refractivity contribution is -0.128. The fraction of sp³-hybridized carbons (Fsp3) is 1.00. The fourth-order valence-corrected chi connectivity index (χ4v) is 2.42. The Labute approximate surface area is 106 Å². The van der Waals surface area contributed by atoms with Gasteiger partial charge in [0.05, 0.1) is 11.7 Å². The van der Waals surface area contributed by atoms with Gasteiger partial charge in [-0.25, -0.2) is 0 Å². The van der Waals surface area contributed by atoms with Crippen molar-refractivity contribution in [3.05, 3.63) is 0 Å². The SMILES string of the molecule is CC1CN(CCNCCN(C)C)CC(C)(C)O1. The van der Waals surface area contributed by atoms with Crippen LogP contribution in [0.5, 0.6) is 0 Å². The van der Waals surface area contributed by atoms with Gasteiger partial charge in [0.25, 0.3) is 0 Å². The van der Waals surface area contributed by atoms with Crippen LogP contribution in [0.3, 0.4) is 0 Å². The Balaban J connectivity index is 2.14. The summed E-state index contributed by atoms with van der Waals surface area (Å²) < 4.78 is 5.89. The lowest BCUT2D eigenvalue weighted by atomic mass is 10.1. The molecule has 1 N–H and O–H groups in total. The first-order chi connectivity index (χ1) is 7.89. The number of hydrogen-bond acceptors (Lipinski definition) is 4. The quantitative estimate of drug-likeness (QED) is 0.693. The Hall–Kier alpha value is -0.160. The van der Waals surface area contributed by atoms with Crippen molar-refractivity contribution < 1.29 is 4.74 Å². The molecule has 1 unspecified atom stereocenters. The van der Waals surface area contributed by atoms with Crippen LogP contribution in [0.25, 0.3) is 0 Å². The highest BCUT2D eigenvalue weighted by Gasteiger charge is 2.30. The lowest BCUT2D eigenvalue weighted by Gasteiger charge is -2.41. The second-order valence-electron chi connectivity index (χ2n) is 5.98. The van der Waals surface area contributed by atoms with E-state index in [4.69, 9.17) is 4.74 Å². The number of ether oxygens (including phenoxy) is 1. The first-order valence-corrected chi connectivity index (χ1v) is 6.65. The second kappa shape index (κ2) is 6.69. The van der Waals surface area contributed by atoms with Crippen molar-refractivity contribution in [1.82, 2.24) is 15.1 Å². The molecule has 0 amide bonds. The summed E-state index contributed by atoms with van der Waals surface area (Å²) >= 11 is 0. The summed E-state index contributed by atoms with van der Waals surface area (Å²) in [4.78, 5) is 4.70. The van der Waals surface area contributed by atoms with Gasteiger partial charge in [-0.3, -0.25) is 4.90 Å². The van der Waals surface area contributed by atoms with Crippen LogP contribution in [0.2, 0.25) is 0 Å². The van der Waals surface area contributed by atoms with Gasteiger partial charge >= 0.3 is 0 Å². The summed E-state index contributed by atoms with van der Waals surface area (Å²) in [5, 5.41) is 3.48. The molecule has 1 saturated heterocycles. The highest BCUT2D eigenvalue weighted by atomic mass is 16.5. The van der Waals surface area contributed by atoms with E-state index >= 15 is 0 Å². The third-order valence-electron chi connectivity index (χ3n) is 2.98. The maximum Gasteiger partial charge on any atom is 0.0757 e. The van der Waals surface area contributed by atoms with Crippen LogP contribution in [0.15, 0.2) is 0 Å². The molecule has 1 heterocycles. The van der Waals surface area contributed by atoms with Crippen LogP contribution in [-0.2, 0) is 4.74 Å². The van der Waals surface area contributed by atoms with E-state index < -0.39 is 0 Å². The molecular weight excluding hydrogens is 214 g/mol. The van der Waals surface area contributed by atoms with Crippen LogP contribution in [-0.4, -0.2) is 74.9 Å². The van der Waals surface area contributed by atoms with E-state index in [2.05, 4.69) is 50.0 Å². The summed E-state index contributed by atoms with van der Waals surface area (Å²) in [6, 6.07) is 0. The molecule has 4 nitrogen and oxygen atoms in total. The third-order valence-corrected chi connectivity index (χ3v) is 2.98. The van der Waals surface area contributed by atoms with Crippen molar-refractivity contribution >= 4 is 0 Å². The van der Waals surface area contributed by atoms with Crippen LogP contribution in [0, 0.1) is 0 Å². The molecule has 0 saturated carbocycles. The maximum atomic E-state index is 5.89. The van der Waals surface area contributed by atoms with Crippen LogP contribution >= 0.6 is 0 Å². The van der Waals surface area contributed by atoms with Gasteiger partial charge in [0.15, 0.2) is 0 Å². The minimum Gasteiger partial charge on any atom is -0.370 e. The van der Waals surface area contributed by atoms with Gasteiger partial charge in [0.1, 0.15) is 0 Å². The van der Waals surface area contributed by atoms with Crippen LogP contribution in [0.4, 0.5) is 0 Å². The number of nitrogens with zero attached hydrogens (tertiary/aromatic N) is 2. The van der Waals surface area contributed by atoms with E-state index in [-0.39, 0.29) is 5.60 Å². The van der Waals surface area contributed by atoms with Crippen molar-refractivity contribution in [3.63, 3.8) is 0 Å². The summed E-state index contributed by atoms with van der Waals surface area (Å²) in [6.45, 7) is 13.0. The van der Waals surface area contributed by atoms with Crippen molar-refractivity contribution in [2.75, 3.05) is 53.4 Å². The molecule has 0 spiro atoms. The first-order valence-electron chi connectivity index (χ1n) is 6.65. The van der Waals surface area contributed by atoms with Gasteiger partial charge in [-0.1, -0.05) is 0 Å². The average Bonchev–Trinajstić information content (AvgIpc) is 2.13. The molecule has 1 aliphatic heterocycles. The van der Waals surface area contributed by atoms with Crippen molar-refractivity contribution in [2.24, 2.45) is 0 Å². The average molecular weight is 243 g/mol. The van der Waals surface area contributed by atoms with Gasteiger partial charge in [-0.15, -0.1) is 0 Å². The zero-order valence-corrected chi connectivity index (χ0v) is 12.1. The summed E-state index contributed by atoms with van der Waals surface area (Å²) in [5.74, 6) is 0. The largest absolute Gasteiger partial charge is 0.370 e. The molecule has 0 radical (unpaired) electrons. The summed E-state index contributed by atoms with van der Waals surface area (Å²) in [6.07, 6.45) is 0.348. The first kappa shape index (κ1) is 14.9. The molecule has 0 aromatic rings. The molecule has 4 heteroatoms. The van der Waals surface area contributed by atoms with Gasteiger partial charge < -0.3 is 15.0 Å². The monoisotopic (exact) mass is 243 g/mol. The zero-order chi connectivity index (χ0) is 12.9. The van der Waals surface area contributed by atoms with Crippen molar-refractivity contribution in [3.8, 4) is 0 Å². The van der Waals surface area contributed by atoms with Gasteiger partial charge in [-0.2, -0.15) is 0 Å². The molecule has 102 valence electrons. The summed E-state index contributed by atoms with van der Waals surface area (Å²) in [7, 11) is 4.21. The Kier molecular flexibility index (Phi) is 5.86. The van der Waals surface area contributed by atoms with E-state index in [0.717, 1.165) is 39.3 Å². The van der Waals surface area contributed by atoms with Gasteiger partial charge in [-0.05, 0) is 34.9 Å². The van der Waals surface area contributed by atoms with E-state index in [1.807, 2.05) is 0 Å². The van der Waals surface area contributed by atoms with Crippen molar-refractivity contribution in [1.29, 1.82) is 0 Å². The molecule has 1 fully saturated rings. The zero-order valence-electron chi connectivity index (χ0n) is 12.1. The predicted molar refractivity (Wildman–Crippen MR) is 72.5 cm³/mol. The lowest BCUT2D eigenvalue weighted by Crippen LogP contribution is -2.53. The topological polar surface area (TPSA) is 27.7 Å².